The zero-order chi connectivity index (χ0) is 14.7. The zero-order valence-electron chi connectivity index (χ0n) is 10.4. The van der Waals surface area contributed by atoms with Crippen LogP contribution in [0.5, 0.6) is 5.75 Å². The van der Waals surface area contributed by atoms with E-state index >= 15 is 0 Å². The zero-order valence-corrected chi connectivity index (χ0v) is 12.8. The lowest BCUT2D eigenvalue weighted by Gasteiger charge is -2.09. The van der Waals surface area contributed by atoms with Crippen LogP contribution in [-0.4, -0.2) is 13.0 Å². The summed E-state index contributed by atoms with van der Waals surface area (Å²) >= 11 is 8.93. The average molecular weight is 359 g/mol. The van der Waals surface area contributed by atoms with Crippen molar-refractivity contribution in [3.8, 4) is 5.75 Å². The van der Waals surface area contributed by atoms with E-state index in [-0.39, 0.29) is 10.0 Å². The molecule has 0 radical (unpaired) electrons. The van der Waals surface area contributed by atoms with E-state index < -0.39 is 11.7 Å². The van der Waals surface area contributed by atoms with Gasteiger partial charge in [0.1, 0.15) is 11.6 Å². The SMILES string of the molecule is COc1cc(NC(=O)c2cccc(Br)c2F)ccc1Cl. The topological polar surface area (TPSA) is 38.3 Å². The monoisotopic (exact) mass is 357 g/mol. The van der Waals surface area contributed by atoms with Crippen LogP contribution in [0.1, 0.15) is 10.4 Å². The van der Waals surface area contributed by atoms with E-state index in [9.17, 15) is 9.18 Å². The molecule has 20 heavy (non-hydrogen) atoms. The summed E-state index contributed by atoms with van der Waals surface area (Å²) in [6.07, 6.45) is 0. The van der Waals surface area contributed by atoms with Gasteiger partial charge in [0.05, 0.1) is 22.2 Å². The normalized spacial score (nSPS) is 10.2. The molecule has 0 saturated heterocycles. The molecule has 0 bridgehead atoms. The van der Waals surface area contributed by atoms with E-state index in [0.717, 1.165) is 0 Å². The van der Waals surface area contributed by atoms with Crippen molar-refractivity contribution in [2.75, 3.05) is 12.4 Å². The number of benzene rings is 2. The number of carbonyl (C=O) groups excluding carboxylic acids is 1. The molecule has 6 heteroatoms. The molecule has 0 saturated carbocycles. The molecule has 0 aliphatic carbocycles. The van der Waals surface area contributed by atoms with Gasteiger partial charge in [-0.1, -0.05) is 17.7 Å². The van der Waals surface area contributed by atoms with Gasteiger partial charge in [0.25, 0.3) is 5.91 Å². The average Bonchev–Trinajstić information content (AvgIpc) is 2.43. The van der Waals surface area contributed by atoms with Crippen LogP contribution in [0.15, 0.2) is 40.9 Å². The number of halogens is 3. The van der Waals surface area contributed by atoms with Crippen molar-refractivity contribution >= 4 is 39.1 Å². The fraction of sp³-hybridized carbons (Fsp3) is 0.0714. The van der Waals surface area contributed by atoms with Crippen molar-refractivity contribution in [1.82, 2.24) is 0 Å². The Bertz CT molecular complexity index is 664. The molecule has 3 nitrogen and oxygen atoms in total. The second-order valence-electron chi connectivity index (χ2n) is 3.90. The van der Waals surface area contributed by atoms with Crippen molar-refractivity contribution in [3.63, 3.8) is 0 Å². The van der Waals surface area contributed by atoms with E-state index in [1.807, 2.05) is 0 Å². The van der Waals surface area contributed by atoms with Crippen LogP contribution in [0, 0.1) is 5.82 Å². The fourth-order valence-electron chi connectivity index (χ4n) is 1.62. The summed E-state index contributed by atoms with van der Waals surface area (Å²) in [5.74, 6) is -0.724. The van der Waals surface area contributed by atoms with Crippen molar-refractivity contribution in [2.45, 2.75) is 0 Å². The second-order valence-corrected chi connectivity index (χ2v) is 5.17. The minimum Gasteiger partial charge on any atom is -0.495 e. The summed E-state index contributed by atoms with van der Waals surface area (Å²) in [5, 5.41) is 3.02. The Kier molecular flexibility index (Phi) is 4.62. The van der Waals surface area contributed by atoms with Gasteiger partial charge >= 0.3 is 0 Å². The molecule has 1 N–H and O–H groups in total. The first-order chi connectivity index (χ1) is 9.52. The molecule has 2 aromatic rings. The van der Waals surface area contributed by atoms with Crippen LogP contribution in [0.2, 0.25) is 5.02 Å². The summed E-state index contributed by atoms with van der Waals surface area (Å²) in [4.78, 5) is 12.0. The number of amides is 1. The first-order valence-electron chi connectivity index (χ1n) is 5.62. The lowest BCUT2D eigenvalue weighted by atomic mass is 10.2. The highest BCUT2D eigenvalue weighted by molar-refractivity contribution is 9.10. The highest BCUT2D eigenvalue weighted by Crippen LogP contribution is 2.28. The van der Waals surface area contributed by atoms with E-state index in [2.05, 4.69) is 21.2 Å². The van der Waals surface area contributed by atoms with Gasteiger partial charge in [-0.25, -0.2) is 4.39 Å². The molecule has 2 rings (SSSR count). The van der Waals surface area contributed by atoms with Crippen molar-refractivity contribution in [3.05, 3.63) is 57.3 Å². The standard InChI is InChI=1S/C14H10BrClFNO2/c1-20-12-7-8(5-6-11(12)16)18-14(19)9-3-2-4-10(15)13(9)17/h2-7H,1H3,(H,18,19). The number of anilines is 1. The molecule has 2 aromatic carbocycles. The third-order valence-corrected chi connectivity index (χ3v) is 3.53. The summed E-state index contributed by atoms with van der Waals surface area (Å²) < 4.78 is 19.1. The summed E-state index contributed by atoms with van der Waals surface area (Å²) in [7, 11) is 1.47. The van der Waals surface area contributed by atoms with Crippen LogP contribution < -0.4 is 10.1 Å². The second kappa shape index (κ2) is 6.24. The maximum Gasteiger partial charge on any atom is 0.258 e. The van der Waals surface area contributed by atoms with E-state index in [1.54, 1.807) is 24.3 Å². The molecule has 1 amide bonds. The highest BCUT2D eigenvalue weighted by atomic mass is 79.9. The fourth-order valence-corrected chi connectivity index (χ4v) is 2.18. The van der Waals surface area contributed by atoms with E-state index in [4.69, 9.17) is 16.3 Å². The maximum atomic E-state index is 13.8. The Labute approximate surface area is 128 Å². The first-order valence-corrected chi connectivity index (χ1v) is 6.79. The number of rotatable bonds is 3. The Hall–Kier alpha value is -1.59. The summed E-state index contributed by atoms with van der Waals surface area (Å²) in [5.41, 5.74) is 0.420. The number of hydrogen-bond acceptors (Lipinski definition) is 2. The van der Waals surface area contributed by atoms with Crippen LogP contribution >= 0.6 is 27.5 Å². The molecular formula is C14H10BrClFNO2. The predicted molar refractivity (Wildman–Crippen MR) is 80.1 cm³/mol. The third kappa shape index (κ3) is 3.11. The van der Waals surface area contributed by atoms with Crippen LogP contribution in [0.25, 0.3) is 0 Å². The maximum absolute atomic E-state index is 13.8. The van der Waals surface area contributed by atoms with Crippen LogP contribution in [0.4, 0.5) is 10.1 Å². The number of methoxy groups -OCH3 is 1. The predicted octanol–water partition coefficient (Wildman–Crippen LogP) is 4.50. The molecule has 0 unspecified atom stereocenters. The Morgan fingerprint density at radius 1 is 1.35 bits per heavy atom. The van der Waals surface area contributed by atoms with Gasteiger partial charge in [-0.3, -0.25) is 4.79 Å². The van der Waals surface area contributed by atoms with Gasteiger partial charge in [0, 0.05) is 11.8 Å². The number of ether oxygens (including phenoxy) is 1. The molecule has 0 fully saturated rings. The lowest BCUT2D eigenvalue weighted by Crippen LogP contribution is -2.14. The van der Waals surface area contributed by atoms with E-state index in [0.29, 0.717) is 16.5 Å². The molecular weight excluding hydrogens is 349 g/mol. The van der Waals surface area contributed by atoms with E-state index in [1.165, 1.54) is 19.2 Å². The first kappa shape index (κ1) is 14.8. The van der Waals surface area contributed by atoms with Crippen LogP contribution in [-0.2, 0) is 0 Å². The lowest BCUT2D eigenvalue weighted by molar-refractivity contribution is 0.102. The minimum atomic E-state index is -0.606. The molecule has 0 aromatic heterocycles. The summed E-state index contributed by atoms with van der Waals surface area (Å²) in [6.45, 7) is 0. The minimum absolute atomic E-state index is 0.0479. The van der Waals surface area contributed by atoms with Crippen molar-refractivity contribution in [2.24, 2.45) is 0 Å². The molecule has 104 valence electrons. The Morgan fingerprint density at radius 2 is 2.10 bits per heavy atom. The van der Waals surface area contributed by atoms with Crippen LogP contribution in [0.3, 0.4) is 0 Å². The quantitative estimate of drug-likeness (QED) is 0.877. The Balaban J connectivity index is 2.26. The van der Waals surface area contributed by atoms with Crippen molar-refractivity contribution in [1.29, 1.82) is 0 Å². The van der Waals surface area contributed by atoms with Crippen molar-refractivity contribution < 1.29 is 13.9 Å². The van der Waals surface area contributed by atoms with Gasteiger partial charge in [-0.05, 0) is 40.2 Å². The number of nitrogens with one attached hydrogen (secondary N) is 1. The van der Waals surface area contributed by atoms with Gasteiger partial charge in [0.2, 0.25) is 0 Å². The third-order valence-electron chi connectivity index (χ3n) is 2.61. The smallest absolute Gasteiger partial charge is 0.258 e. The molecule has 0 aliphatic heterocycles. The number of hydrogen-bond donors (Lipinski definition) is 1. The Morgan fingerprint density at radius 3 is 2.80 bits per heavy atom. The van der Waals surface area contributed by atoms with Gasteiger partial charge in [0.15, 0.2) is 0 Å². The van der Waals surface area contributed by atoms with Gasteiger partial charge in [-0.15, -0.1) is 0 Å². The van der Waals surface area contributed by atoms with Gasteiger partial charge < -0.3 is 10.1 Å². The number of carbonyl (C=O) groups is 1. The van der Waals surface area contributed by atoms with Gasteiger partial charge in [-0.2, -0.15) is 0 Å². The summed E-state index contributed by atoms with van der Waals surface area (Å²) in [6, 6.07) is 9.28. The molecule has 0 aliphatic rings. The molecule has 0 atom stereocenters. The molecule has 0 heterocycles. The molecule has 0 spiro atoms. The largest absolute Gasteiger partial charge is 0.495 e. The highest BCUT2D eigenvalue weighted by Gasteiger charge is 2.14.